The second-order valence-electron chi connectivity index (χ2n) is 6.23. The fourth-order valence-electron chi connectivity index (χ4n) is 2.41. The van der Waals surface area contributed by atoms with Gasteiger partial charge in [-0.3, -0.25) is 24.9 Å². The summed E-state index contributed by atoms with van der Waals surface area (Å²) in [6, 6.07) is 6.79. The van der Waals surface area contributed by atoms with E-state index in [0.717, 1.165) is 24.4 Å². The van der Waals surface area contributed by atoms with Crippen LogP contribution in [0.3, 0.4) is 0 Å². The third-order valence-corrected chi connectivity index (χ3v) is 6.91. The summed E-state index contributed by atoms with van der Waals surface area (Å²) in [4.78, 5) is 37.4. The zero-order chi connectivity index (χ0) is 25.0. The number of amides is 1. The molecule has 178 valence electrons. The first-order valence-corrected chi connectivity index (χ1v) is 11.9. The first kappa shape index (κ1) is 25.3. The Morgan fingerprint density at radius 2 is 1.91 bits per heavy atom. The van der Waals surface area contributed by atoms with Crippen molar-refractivity contribution in [1.29, 1.82) is 0 Å². The minimum atomic E-state index is -4.45. The molecule has 3 rings (SSSR count). The van der Waals surface area contributed by atoms with Gasteiger partial charge in [0.05, 0.1) is 26.2 Å². The van der Waals surface area contributed by atoms with Crippen LogP contribution in [0.25, 0.3) is 0 Å². The Morgan fingerprint density at radius 1 is 1.21 bits per heavy atom. The Hall–Kier alpha value is -3.33. The normalized spacial score (nSPS) is 11.0. The van der Waals surface area contributed by atoms with Gasteiger partial charge in [0.1, 0.15) is 16.9 Å². The second kappa shape index (κ2) is 10.3. The van der Waals surface area contributed by atoms with Gasteiger partial charge in [-0.15, -0.1) is 0 Å². The van der Waals surface area contributed by atoms with Gasteiger partial charge in [-0.2, -0.15) is 0 Å². The number of thiazole rings is 1. The lowest BCUT2D eigenvalue weighted by atomic mass is 10.2. The van der Waals surface area contributed by atoms with Gasteiger partial charge in [-0.1, -0.05) is 35.3 Å². The molecule has 2 aromatic carbocycles. The molecule has 0 aliphatic rings. The van der Waals surface area contributed by atoms with Crippen molar-refractivity contribution in [2.24, 2.45) is 0 Å². The van der Waals surface area contributed by atoms with Crippen LogP contribution in [-0.2, 0) is 19.6 Å². The number of carbonyl (C=O) groups excluding carboxylic acids is 2. The maximum absolute atomic E-state index is 13.9. The fraction of sp³-hybridized carbons (Fsp3) is 0.0556. The molecule has 0 atom stereocenters. The van der Waals surface area contributed by atoms with Gasteiger partial charge in [0.25, 0.3) is 15.9 Å². The third-order valence-electron chi connectivity index (χ3n) is 3.90. The van der Waals surface area contributed by atoms with E-state index < -0.39 is 49.7 Å². The molecule has 0 fully saturated rings. The Labute approximate surface area is 204 Å². The van der Waals surface area contributed by atoms with Gasteiger partial charge in [-0.25, -0.2) is 22.6 Å². The van der Waals surface area contributed by atoms with E-state index in [2.05, 4.69) is 10.3 Å². The van der Waals surface area contributed by atoms with Crippen LogP contribution in [0.1, 0.15) is 10.4 Å². The molecule has 3 aromatic rings. The molecular weight excluding hydrogens is 538 g/mol. The maximum Gasteiger partial charge on any atom is 0.345 e. The van der Waals surface area contributed by atoms with Crippen molar-refractivity contribution in [3.63, 3.8) is 0 Å². The molecule has 0 aliphatic heterocycles. The average Bonchev–Trinajstić information content (AvgIpc) is 3.22. The zero-order valence-electron chi connectivity index (χ0n) is 16.5. The molecule has 0 saturated heterocycles. The van der Waals surface area contributed by atoms with E-state index in [1.165, 1.54) is 18.2 Å². The largest absolute Gasteiger partial charge is 0.452 e. The van der Waals surface area contributed by atoms with Crippen molar-refractivity contribution >= 4 is 72.3 Å². The van der Waals surface area contributed by atoms with Crippen molar-refractivity contribution in [3.05, 3.63) is 74.1 Å². The minimum absolute atomic E-state index is 0.0927. The molecule has 0 unspecified atom stereocenters. The standard InChI is InChI=1S/C18H11Cl2FN4O7S2/c19-10-6-11(20)14(34(30,31)24-13-4-2-1-3-12(13)21)5-9(10)17(27)32-8-15(26)23-18-22-7-16(33-18)25(28)29/h1-7,24H,8H2,(H,22,23,26). The molecule has 0 saturated carbocycles. The second-order valence-corrected chi connectivity index (χ2v) is 9.71. The number of halogens is 3. The molecule has 0 aliphatic carbocycles. The number of sulfonamides is 1. The van der Waals surface area contributed by atoms with Crippen molar-refractivity contribution in [3.8, 4) is 0 Å². The molecule has 1 amide bonds. The number of anilines is 2. The van der Waals surface area contributed by atoms with E-state index in [9.17, 15) is 32.5 Å². The summed E-state index contributed by atoms with van der Waals surface area (Å²) in [5.74, 6) is -2.87. The Bertz CT molecular complexity index is 1400. The molecular formula is C18H11Cl2FN4O7S2. The molecule has 16 heteroatoms. The van der Waals surface area contributed by atoms with E-state index in [4.69, 9.17) is 27.9 Å². The van der Waals surface area contributed by atoms with Crippen LogP contribution >= 0.6 is 34.5 Å². The number of aromatic nitrogens is 1. The lowest BCUT2D eigenvalue weighted by Gasteiger charge is -2.12. The maximum atomic E-state index is 13.9. The predicted octanol–water partition coefficient (Wildman–Crippen LogP) is 4.09. The number of benzene rings is 2. The van der Waals surface area contributed by atoms with Crippen molar-refractivity contribution < 1.29 is 32.1 Å². The molecule has 1 heterocycles. The van der Waals surface area contributed by atoms with Gasteiger partial charge in [0, 0.05) is 0 Å². The van der Waals surface area contributed by atoms with Gasteiger partial charge in [-0.05, 0) is 35.6 Å². The van der Waals surface area contributed by atoms with E-state index >= 15 is 0 Å². The summed E-state index contributed by atoms with van der Waals surface area (Å²) in [7, 11) is -4.45. The topological polar surface area (TPSA) is 158 Å². The summed E-state index contributed by atoms with van der Waals surface area (Å²) in [6.07, 6.45) is 0.942. The molecule has 0 bridgehead atoms. The SMILES string of the molecule is O=C(COC(=O)c1cc(S(=O)(=O)Nc2ccccc2F)c(Cl)cc1Cl)Nc1ncc([N+](=O)[O-])s1. The molecule has 2 N–H and O–H groups in total. The zero-order valence-corrected chi connectivity index (χ0v) is 19.6. The fourth-order valence-corrected chi connectivity index (χ4v) is 4.97. The van der Waals surface area contributed by atoms with Crippen LogP contribution in [0.5, 0.6) is 0 Å². The highest BCUT2D eigenvalue weighted by molar-refractivity contribution is 7.92. The van der Waals surface area contributed by atoms with E-state index in [0.29, 0.717) is 11.3 Å². The number of esters is 1. The first-order chi connectivity index (χ1) is 16.0. The van der Waals surface area contributed by atoms with E-state index in [1.54, 1.807) is 0 Å². The van der Waals surface area contributed by atoms with Gasteiger partial charge in [0.2, 0.25) is 0 Å². The Kier molecular flexibility index (Phi) is 7.66. The number of nitrogens with zero attached hydrogens (tertiary/aromatic N) is 2. The predicted molar refractivity (Wildman–Crippen MR) is 121 cm³/mol. The van der Waals surface area contributed by atoms with Crippen molar-refractivity contribution in [2.75, 3.05) is 16.6 Å². The number of para-hydroxylation sites is 1. The summed E-state index contributed by atoms with van der Waals surface area (Å²) < 4.78 is 46.1. The van der Waals surface area contributed by atoms with E-state index in [-0.39, 0.29) is 25.9 Å². The van der Waals surface area contributed by atoms with E-state index in [1.807, 2.05) is 4.72 Å². The average molecular weight is 549 g/mol. The van der Waals surface area contributed by atoms with Gasteiger partial charge in [0.15, 0.2) is 11.7 Å². The minimum Gasteiger partial charge on any atom is -0.452 e. The highest BCUT2D eigenvalue weighted by Gasteiger charge is 2.25. The van der Waals surface area contributed by atoms with Crippen LogP contribution in [-0.4, -0.2) is 36.8 Å². The third kappa shape index (κ3) is 5.96. The summed E-state index contributed by atoms with van der Waals surface area (Å²) in [5, 5.41) is 11.8. The number of carbonyl (C=O) groups is 2. The lowest BCUT2D eigenvalue weighted by molar-refractivity contribution is -0.380. The number of rotatable bonds is 8. The smallest absolute Gasteiger partial charge is 0.345 e. The number of hydrogen-bond donors (Lipinski definition) is 2. The molecule has 34 heavy (non-hydrogen) atoms. The Balaban J connectivity index is 1.74. The molecule has 0 spiro atoms. The van der Waals surface area contributed by atoms with Crippen LogP contribution in [0, 0.1) is 15.9 Å². The number of ether oxygens (including phenoxy) is 1. The number of hydrogen-bond acceptors (Lipinski definition) is 9. The first-order valence-electron chi connectivity index (χ1n) is 8.81. The summed E-state index contributed by atoms with van der Waals surface area (Å²) in [5.41, 5.74) is -0.783. The van der Waals surface area contributed by atoms with Gasteiger partial charge < -0.3 is 4.74 Å². The van der Waals surface area contributed by atoms with Gasteiger partial charge >= 0.3 is 11.0 Å². The molecule has 11 nitrogen and oxygen atoms in total. The number of nitro groups is 1. The molecule has 1 aromatic heterocycles. The van der Waals surface area contributed by atoms with Crippen LogP contribution in [0.15, 0.2) is 47.5 Å². The van der Waals surface area contributed by atoms with Crippen LogP contribution in [0.2, 0.25) is 10.0 Å². The van der Waals surface area contributed by atoms with Crippen molar-refractivity contribution in [1.82, 2.24) is 4.98 Å². The molecule has 0 radical (unpaired) electrons. The summed E-state index contributed by atoms with van der Waals surface area (Å²) in [6.45, 7) is -0.833. The van der Waals surface area contributed by atoms with Crippen LogP contribution in [0.4, 0.5) is 20.2 Å². The highest BCUT2D eigenvalue weighted by Crippen LogP contribution is 2.31. The monoisotopic (exact) mass is 548 g/mol. The quantitative estimate of drug-likeness (QED) is 0.242. The summed E-state index contributed by atoms with van der Waals surface area (Å²) >= 11 is 12.5. The number of nitrogens with one attached hydrogen (secondary N) is 2. The Morgan fingerprint density at radius 3 is 2.56 bits per heavy atom. The highest BCUT2D eigenvalue weighted by atomic mass is 35.5. The lowest BCUT2D eigenvalue weighted by Crippen LogP contribution is -2.21. The van der Waals surface area contributed by atoms with Crippen molar-refractivity contribution in [2.45, 2.75) is 4.90 Å². The van der Waals surface area contributed by atoms with Crippen LogP contribution < -0.4 is 10.0 Å².